The average molecular weight is 373 g/mol. The molecule has 0 radical (unpaired) electrons. The molecule has 1 atom stereocenters. The number of carbonyl (C=O) groups is 1. The maximum absolute atomic E-state index is 12.3. The largest absolute Gasteiger partial charge is 0.468 e. The molecule has 0 saturated heterocycles. The van der Waals surface area contributed by atoms with E-state index in [1.54, 1.807) is 6.26 Å². The molecular formula is C19H23N3O3S. The van der Waals surface area contributed by atoms with E-state index in [2.05, 4.69) is 29.0 Å². The lowest BCUT2D eigenvalue weighted by Crippen LogP contribution is -2.38. The van der Waals surface area contributed by atoms with Crippen molar-refractivity contribution in [1.29, 1.82) is 0 Å². The van der Waals surface area contributed by atoms with Gasteiger partial charge in [0.05, 0.1) is 18.1 Å². The Morgan fingerprint density at radius 1 is 1.23 bits per heavy atom. The number of furan rings is 1. The van der Waals surface area contributed by atoms with Gasteiger partial charge in [-0.25, -0.2) is 4.98 Å². The van der Waals surface area contributed by atoms with Gasteiger partial charge in [0, 0.05) is 6.54 Å². The number of rotatable bonds is 9. The fourth-order valence-corrected chi connectivity index (χ4v) is 3.52. The molecule has 26 heavy (non-hydrogen) atoms. The molecule has 2 aromatic heterocycles. The summed E-state index contributed by atoms with van der Waals surface area (Å²) in [5.74, 6) is 1.07. The molecule has 0 saturated carbocycles. The highest BCUT2D eigenvalue weighted by atomic mass is 32.2. The van der Waals surface area contributed by atoms with E-state index < -0.39 is 0 Å². The van der Waals surface area contributed by atoms with Gasteiger partial charge in [0.2, 0.25) is 5.91 Å². The summed E-state index contributed by atoms with van der Waals surface area (Å²) in [4.78, 5) is 18.9. The predicted octanol–water partition coefficient (Wildman–Crippen LogP) is 3.71. The molecule has 3 rings (SSSR count). The normalized spacial score (nSPS) is 12.6. The van der Waals surface area contributed by atoms with Crippen molar-refractivity contribution < 1.29 is 13.6 Å². The van der Waals surface area contributed by atoms with Gasteiger partial charge in [0.25, 0.3) is 5.22 Å². The quantitative estimate of drug-likeness (QED) is 0.577. The van der Waals surface area contributed by atoms with Gasteiger partial charge in [0.1, 0.15) is 11.3 Å². The fraction of sp³-hybridized carbons (Fsp3) is 0.368. The van der Waals surface area contributed by atoms with Crippen LogP contribution in [0, 0.1) is 0 Å². The van der Waals surface area contributed by atoms with E-state index in [1.807, 2.05) is 36.4 Å². The van der Waals surface area contributed by atoms with Crippen LogP contribution in [0.3, 0.4) is 0 Å². The number of thioether (sulfide) groups is 1. The van der Waals surface area contributed by atoms with E-state index in [4.69, 9.17) is 8.83 Å². The topological polar surface area (TPSA) is 71.5 Å². The lowest BCUT2D eigenvalue weighted by molar-refractivity contribution is -0.118. The first-order chi connectivity index (χ1) is 12.7. The van der Waals surface area contributed by atoms with Crippen LogP contribution < -0.4 is 5.32 Å². The summed E-state index contributed by atoms with van der Waals surface area (Å²) in [6, 6.07) is 11.4. The van der Waals surface area contributed by atoms with Crippen molar-refractivity contribution in [3.63, 3.8) is 0 Å². The predicted molar refractivity (Wildman–Crippen MR) is 102 cm³/mol. The zero-order chi connectivity index (χ0) is 18.4. The van der Waals surface area contributed by atoms with Gasteiger partial charge in [-0.15, -0.1) is 0 Å². The molecule has 3 aromatic rings. The van der Waals surface area contributed by atoms with Crippen LogP contribution in [0.5, 0.6) is 0 Å². The van der Waals surface area contributed by atoms with Crippen molar-refractivity contribution in [2.24, 2.45) is 0 Å². The fourth-order valence-electron chi connectivity index (χ4n) is 2.86. The maximum Gasteiger partial charge on any atom is 0.257 e. The molecule has 0 aliphatic rings. The molecule has 6 nitrogen and oxygen atoms in total. The number of aromatic nitrogens is 1. The number of nitrogens with one attached hydrogen (secondary N) is 1. The number of hydrogen-bond acceptors (Lipinski definition) is 6. The molecule has 1 N–H and O–H groups in total. The summed E-state index contributed by atoms with van der Waals surface area (Å²) in [5.41, 5.74) is 1.53. The van der Waals surface area contributed by atoms with Gasteiger partial charge in [-0.1, -0.05) is 37.7 Å². The molecule has 0 bridgehead atoms. The number of nitrogens with zero attached hydrogens (tertiary/aromatic N) is 2. The minimum Gasteiger partial charge on any atom is -0.468 e. The molecule has 0 spiro atoms. The van der Waals surface area contributed by atoms with Crippen LogP contribution in [-0.2, 0) is 4.79 Å². The Bertz CT molecular complexity index is 795. The molecule has 0 fully saturated rings. The number of amides is 1. The second kappa shape index (κ2) is 8.91. The summed E-state index contributed by atoms with van der Waals surface area (Å²) in [6.07, 6.45) is 1.66. The highest BCUT2D eigenvalue weighted by molar-refractivity contribution is 7.99. The number of fused-ring (bicyclic) bond motifs is 1. The number of carbonyl (C=O) groups excluding carboxylic acids is 1. The van der Waals surface area contributed by atoms with Gasteiger partial charge >= 0.3 is 0 Å². The minimum absolute atomic E-state index is 0.0262. The molecular weight excluding hydrogens is 350 g/mol. The lowest BCUT2D eigenvalue weighted by Gasteiger charge is -2.28. The summed E-state index contributed by atoms with van der Waals surface area (Å²) in [5, 5.41) is 3.50. The highest BCUT2D eigenvalue weighted by Gasteiger charge is 2.21. The van der Waals surface area contributed by atoms with Crippen LogP contribution in [-0.4, -0.2) is 41.2 Å². The monoisotopic (exact) mass is 373 g/mol. The van der Waals surface area contributed by atoms with Crippen LogP contribution in [0.15, 0.2) is 56.7 Å². The molecule has 7 heteroatoms. The Morgan fingerprint density at radius 3 is 2.73 bits per heavy atom. The van der Waals surface area contributed by atoms with Crippen molar-refractivity contribution in [3.05, 3.63) is 48.4 Å². The number of hydrogen-bond donors (Lipinski definition) is 1. The third-order valence-corrected chi connectivity index (χ3v) is 5.05. The van der Waals surface area contributed by atoms with E-state index in [1.165, 1.54) is 11.8 Å². The molecule has 1 unspecified atom stereocenters. The molecule has 1 aromatic carbocycles. The summed E-state index contributed by atoms with van der Waals surface area (Å²) >= 11 is 1.30. The number of oxazole rings is 1. The zero-order valence-corrected chi connectivity index (χ0v) is 15.8. The third kappa shape index (κ3) is 4.47. The first kappa shape index (κ1) is 18.5. The Morgan fingerprint density at radius 2 is 2.04 bits per heavy atom. The van der Waals surface area contributed by atoms with Gasteiger partial charge < -0.3 is 14.2 Å². The van der Waals surface area contributed by atoms with Crippen molar-refractivity contribution in [2.75, 3.05) is 25.4 Å². The van der Waals surface area contributed by atoms with Crippen LogP contribution in [0.25, 0.3) is 11.1 Å². The second-order valence-electron chi connectivity index (χ2n) is 5.79. The summed E-state index contributed by atoms with van der Waals surface area (Å²) in [7, 11) is 0. The average Bonchev–Trinajstić information content (AvgIpc) is 3.32. The van der Waals surface area contributed by atoms with Crippen molar-refractivity contribution in [1.82, 2.24) is 15.2 Å². The molecule has 0 aliphatic carbocycles. The Labute approximate surface area is 156 Å². The van der Waals surface area contributed by atoms with Gasteiger partial charge in [-0.2, -0.15) is 0 Å². The van der Waals surface area contributed by atoms with E-state index in [-0.39, 0.29) is 17.7 Å². The third-order valence-electron chi connectivity index (χ3n) is 4.22. The van der Waals surface area contributed by atoms with E-state index >= 15 is 0 Å². The lowest BCUT2D eigenvalue weighted by atomic mass is 10.2. The number of likely N-dealkylation sites (N-methyl/N-ethyl adjacent to an activating group) is 1. The van der Waals surface area contributed by atoms with Crippen molar-refractivity contribution in [3.8, 4) is 0 Å². The van der Waals surface area contributed by atoms with E-state index in [0.29, 0.717) is 11.8 Å². The smallest absolute Gasteiger partial charge is 0.257 e. The zero-order valence-electron chi connectivity index (χ0n) is 15.0. The molecule has 1 amide bonds. The van der Waals surface area contributed by atoms with Crippen LogP contribution in [0.4, 0.5) is 0 Å². The van der Waals surface area contributed by atoms with Gasteiger partial charge in [-0.05, 0) is 37.4 Å². The Kier molecular flexibility index (Phi) is 6.35. The SMILES string of the molecule is CCN(CC)C(CNC(=O)CSc1nc2ccccc2o1)c1ccco1. The molecule has 0 aliphatic heterocycles. The standard InChI is InChI=1S/C19H23N3O3S/c1-3-22(4-2)15(17-10-7-11-24-17)12-20-18(23)13-26-19-21-14-8-5-6-9-16(14)25-19/h5-11,15H,3-4,12-13H2,1-2H3,(H,20,23). The van der Waals surface area contributed by atoms with Crippen molar-refractivity contribution in [2.45, 2.75) is 25.1 Å². The van der Waals surface area contributed by atoms with Crippen LogP contribution in [0.2, 0.25) is 0 Å². The van der Waals surface area contributed by atoms with Gasteiger partial charge in [0.15, 0.2) is 5.58 Å². The minimum atomic E-state index is -0.0547. The number of para-hydroxylation sites is 2. The summed E-state index contributed by atoms with van der Waals surface area (Å²) < 4.78 is 11.2. The second-order valence-corrected chi connectivity index (χ2v) is 6.72. The maximum atomic E-state index is 12.3. The number of benzene rings is 1. The Hall–Kier alpha value is -2.25. The van der Waals surface area contributed by atoms with Crippen LogP contribution >= 0.6 is 11.8 Å². The van der Waals surface area contributed by atoms with E-state index in [9.17, 15) is 4.79 Å². The summed E-state index contributed by atoms with van der Waals surface area (Å²) in [6.45, 7) is 6.47. The van der Waals surface area contributed by atoms with Gasteiger partial charge in [-0.3, -0.25) is 9.69 Å². The first-order valence-electron chi connectivity index (χ1n) is 8.73. The van der Waals surface area contributed by atoms with E-state index in [0.717, 1.165) is 29.9 Å². The van der Waals surface area contributed by atoms with Crippen molar-refractivity contribution >= 4 is 28.8 Å². The van der Waals surface area contributed by atoms with Crippen LogP contribution in [0.1, 0.15) is 25.6 Å². The Balaban J connectivity index is 1.54. The molecule has 138 valence electrons. The highest BCUT2D eigenvalue weighted by Crippen LogP contribution is 2.23. The first-order valence-corrected chi connectivity index (χ1v) is 9.72. The molecule has 2 heterocycles.